The van der Waals surface area contributed by atoms with Gasteiger partial charge in [-0.15, -0.1) is 0 Å². The molecule has 0 radical (unpaired) electrons. The van der Waals surface area contributed by atoms with Crippen LogP contribution in [-0.2, 0) is 5.41 Å². The molecule has 0 aliphatic rings. The maximum Gasteiger partial charge on any atom is 0.0766 e. The summed E-state index contributed by atoms with van der Waals surface area (Å²) in [6, 6.07) is 19.0. The molecule has 0 N–H and O–H groups in total. The van der Waals surface area contributed by atoms with Crippen LogP contribution in [-0.4, -0.2) is 14.1 Å². The van der Waals surface area contributed by atoms with Gasteiger partial charge in [0.25, 0.3) is 0 Å². The Balaban J connectivity index is 2.36. The summed E-state index contributed by atoms with van der Waals surface area (Å²) in [6.07, 6.45) is 0. The molecule has 2 heteroatoms. The van der Waals surface area contributed by atoms with Gasteiger partial charge in [0.2, 0.25) is 0 Å². The van der Waals surface area contributed by atoms with E-state index in [2.05, 4.69) is 47.4 Å². The summed E-state index contributed by atoms with van der Waals surface area (Å²) in [4.78, 5) is 2.09. The van der Waals surface area contributed by atoms with Crippen LogP contribution >= 0.6 is 0 Å². The summed E-state index contributed by atoms with van der Waals surface area (Å²) in [5, 5.41) is 9.18. The Bertz CT molecular complexity index is 631. The molecule has 2 rings (SSSR count). The van der Waals surface area contributed by atoms with Gasteiger partial charge in [-0.1, -0.05) is 36.4 Å². The van der Waals surface area contributed by atoms with Gasteiger partial charge in [-0.05, 0) is 42.7 Å². The molecule has 0 unspecified atom stereocenters. The van der Waals surface area contributed by atoms with Crippen LogP contribution in [0.15, 0.2) is 48.5 Å². The van der Waals surface area contributed by atoms with Gasteiger partial charge in [0.1, 0.15) is 0 Å². The van der Waals surface area contributed by atoms with Crippen LogP contribution < -0.4 is 4.90 Å². The van der Waals surface area contributed by atoms with E-state index in [0.29, 0.717) is 0 Å². The van der Waals surface area contributed by atoms with E-state index in [0.717, 1.165) is 5.56 Å². The van der Waals surface area contributed by atoms with Crippen LogP contribution in [0.3, 0.4) is 0 Å². The number of nitriles is 1. The van der Waals surface area contributed by atoms with E-state index >= 15 is 0 Å². The van der Waals surface area contributed by atoms with Crippen LogP contribution in [0.5, 0.6) is 0 Å². The number of rotatable bonds is 3. The molecule has 102 valence electrons. The Morgan fingerprint density at radius 2 is 1.60 bits per heavy atom. The third kappa shape index (κ3) is 2.83. The lowest BCUT2D eigenvalue weighted by Gasteiger charge is -2.17. The minimum atomic E-state index is -0.440. The quantitative estimate of drug-likeness (QED) is 0.830. The largest absolute Gasteiger partial charge is 0.378 e. The summed E-state index contributed by atoms with van der Waals surface area (Å²) in [7, 11) is 4.08. The van der Waals surface area contributed by atoms with Crippen molar-refractivity contribution in [3.63, 3.8) is 0 Å². The van der Waals surface area contributed by atoms with Gasteiger partial charge in [0, 0.05) is 19.8 Å². The van der Waals surface area contributed by atoms with Gasteiger partial charge in [0.05, 0.1) is 11.5 Å². The number of anilines is 1. The Kier molecular flexibility index (Phi) is 3.81. The van der Waals surface area contributed by atoms with Crippen molar-refractivity contribution in [1.82, 2.24) is 0 Å². The second kappa shape index (κ2) is 5.38. The summed E-state index contributed by atoms with van der Waals surface area (Å²) in [5.74, 6) is 0. The molecule has 2 nitrogen and oxygen atoms in total. The maximum atomic E-state index is 9.18. The molecule has 0 bridgehead atoms. The second-order valence-electron chi connectivity index (χ2n) is 5.76. The van der Waals surface area contributed by atoms with Gasteiger partial charge in [-0.3, -0.25) is 0 Å². The average molecular weight is 264 g/mol. The van der Waals surface area contributed by atoms with Gasteiger partial charge in [-0.25, -0.2) is 0 Å². The molecular formula is C18H20N2. The monoisotopic (exact) mass is 264 g/mol. The Hall–Kier alpha value is -2.27. The minimum absolute atomic E-state index is 0.440. The molecule has 0 saturated heterocycles. The van der Waals surface area contributed by atoms with E-state index < -0.39 is 5.41 Å². The van der Waals surface area contributed by atoms with E-state index in [1.165, 1.54) is 16.8 Å². The van der Waals surface area contributed by atoms with E-state index in [1.54, 1.807) is 0 Å². The highest BCUT2D eigenvalue weighted by molar-refractivity contribution is 5.68. The lowest BCUT2D eigenvalue weighted by Crippen LogP contribution is -2.13. The zero-order valence-electron chi connectivity index (χ0n) is 12.5. The summed E-state index contributed by atoms with van der Waals surface area (Å²) in [6.45, 7) is 3.88. The molecule has 0 saturated carbocycles. The third-order valence-corrected chi connectivity index (χ3v) is 3.58. The first-order chi connectivity index (χ1) is 9.44. The Morgan fingerprint density at radius 1 is 0.950 bits per heavy atom. The van der Waals surface area contributed by atoms with Gasteiger partial charge in [-0.2, -0.15) is 5.26 Å². The molecule has 2 aromatic carbocycles. The van der Waals surface area contributed by atoms with E-state index in [-0.39, 0.29) is 0 Å². The number of hydrogen-bond acceptors (Lipinski definition) is 2. The Labute approximate surface area is 121 Å². The summed E-state index contributed by atoms with van der Waals surface area (Å²) < 4.78 is 0. The van der Waals surface area contributed by atoms with Gasteiger partial charge >= 0.3 is 0 Å². The SMILES string of the molecule is CN(C)c1cccc(-c2ccc(C(C)(C)C#N)cc2)c1. The van der Waals surface area contributed by atoms with Crippen LogP contribution in [0.25, 0.3) is 11.1 Å². The Morgan fingerprint density at radius 3 is 2.15 bits per heavy atom. The highest BCUT2D eigenvalue weighted by atomic mass is 15.1. The first-order valence-electron chi connectivity index (χ1n) is 6.73. The van der Waals surface area contributed by atoms with Crippen molar-refractivity contribution in [3.8, 4) is 17.2 Å². The van der Waals surface area contributed by atoms with Crippen molar-refractivity contribution >= 4 is 5.69 Å². The van der Waals surface area contributed by atoms with Crippen molar-refractivity contribution in [1.29, 1.82) is 5.26 Å². The fourth-order valence-electron chi connectivity index (χ4n) is 2.11. The molecule has 0 fully saturated rings. The van der Waals surface area contributed by atoms with E-state index in [1.807, 2.05) is 40.1 Å². The van der Waals surface area contributed by atoms with E-state index in [9.17, 15) is 5.26 Å². The standard InChI is InChI=1S/C18H20N2/c1-18(2,13-19)16-10-8-14(9-11-16)15-6-5-7-17(12-15)20(3)4/h5-12H,1-4H3. The molecule has 0 spiro atoms. The zero-order chi connectivity index (χ0) is 14.8. The first-order valence-corrected chi connectivity index (χ1v) is 6.73. The predicted molar refractivity (Wildman–Crippen MR) is 84.8 cm³/mol. The molecule has 20 heavy (non-hydrogen) atoms. The zero-order valence-corrected chi connectivity index (χ0v) is 12.5. The first kappa shape index (κ1) is 14.1. The van der Waals surface area contributed by atoms with Gasteiger partial charge < -0.3 is 4.90 Å². The van der Waals surface area contributed by atoms with Crippen molar-refractivity contribution < 1.29 is 0 Å². The number of hydrogen-bond donors (Lipinski definition) is 0. The minimum Gasteiger partial charge on any atom is -0.378 e. The fourth-order valence-corrected chi connectivity index (χ4v) is 2.11. The topological polar surface area (TPSA) is 27.0 Å². The second-order valence-corrected chi connectivity index (χ2v) is 5.76. The highest BCUT2D eigenvalue weighted by Gasteiger charge is 2.19. The number of benzene rings is 2. The molecule has 0 heterocycles. The van der Waals surface area contributed by atoms with Crippen molar-refractivity contribution in [2.24, 2.45) is 0 Å². The molecule has 2 aromatic rings. The smallest absolute Gasteiger partial charge is 0.0766 e. The van der Waals surface area contributed by atoms with Crippen LogP contribution in [0.1, 0.15) is 19.4 Å². The van der Waals surface area contributed by atoms with Crippen molar-refractivity contribution in [2.75, 3.05) is 19.0 Å². The molecule has 0 aliphatic heterocycles. The molecule has 0 aromatic heterocycles. The lowest BCUT2D eigenvalue weighted by atomic mass is 9.85. The average Bonchev–Trinajstić information content (AvgIpc) is 2.47. The lowest BCUT2D eigenvalue weighted by molar-refractivity contribution is 0.687. The highest BCUT2D eigenvalue weighted by Crippen LogP contribution is 2.27. The maximum absolute atomic E-state index is 9.18. The van der Waals surface area contributed by atoms with Crippen LogP contribution in [0.2, 0.25) is 0 Å². The van der Waals surface area contributed by atoms with Gasteiger partial charge in [0.15, 0.2) is 0 Å². The van der Waals surface area contributed by atoms with E-state index in [4.69, 9.17) is 0 Å². The third-order valence-electron chi connectivity index (χ3n) is 3.58. The summed E-state index contributed by atoms with van der Waals surface area (Å²) >= 11 is 0. The van der Waals surface area contributed by atoms with Crippen molar-refractivity contribution in [2.45, 2.75) is 19.3 Å². The van der Waals surface area contributed by atoms with Crippen LogP contribution in [0.4, 0.5) is 5.69 Å². The fraction of sp³-hybridized carbons (Fsp3) is 0.278. The molecule has 0 atom stereocenters. The molecule has 0 amide bonds. The number of nitrogens with zero attached hydrogens (tertiary/aromatic N) is 2. The predicted octanol–water partition coefficient (Wildman–Crippen LogP) is 4.22. The molecule has 0 aliphatic carbocycles. The van der Waals surface area contributed by atoms with Crippen molar-refractivity contribution in [3.05, 3.63) is 54.1 Å². The summed E-state index contributed by atoms with van der Waals surface area (Å²) in [5.41, 5.74) is 4.16. The van der Waals surface area contributed by atoms with Crippen LogP contribution in [0, 0.1) is 11.3 Å². The molecular weight excluding hydrogens is 244 g/mol. The normalized spacial score (nSPS) is 10.9.